The van der Waals surface area contributed by atoms with E-state index in [1.807, 2.05) is 72.8 Å². The van der Waals surface area contributed by atoms with Gasteiger partial charge in [-0.15, -0.1) is 0 Å². The fourth-order valence-electron chi connectivity index (χ4n) is 3.92. The summed E-state index contributed by atoms with van der Waals surface area (Å²) >= 11 is 0. The van der Waals surface area contributed by atoms with Crippen LogP contribution >= 0.6 is 0 Å². The maximum Gasteiger partial charge on any atom is 0.200 e. The molecule has 2 aliphatic heterocycles. The largest absolute Gasteiger partial charge is 0.350 e. The number of epoxide rings is 1. The number of ketones is 1. The van der Waals surface area contributed by atoms with Gasteiger partial charge in [0.15, 0.2) is 5.60 Å². The van der Waals surface area contributed by atoms with Crippen LogP contribution in [0.1, 0.15) is 32.8 Å². The maximum atomic E-state index is 13.5. The highest BCUT2D eigenvalue weighted by molar-refractivity contribution is 7.85. The Balaban J connectivity index is 1.71. The van der Waals surface area contributed by atoms with Gasteiger partial charge >= 0.3 is 0 Å². The van der Waals surface area contributed by atoms with Crippen molar-refractivity contribution in [1.29, 1.82) is 0 Å². The lowest BCUT2D eigenvalue weighted by Gasteiger charge is -2.30. The van der Waals surface area contributed by atoms with E-state index in [0.717, 1.165) is 11.1 Å². The van der Waals surface area contributed by atoms with Gasteiger partial charge in [-0.05, 0) is 17.2 Å². The molecule has 0 saturated carbocycles. The highest BCUT2D eigenvalue weighted by atomic mass is 32.2. The lowest BCUT2D eigenvalue weighted by atomic mass is 9.85. The quantitative estimate of drug-likeness (QED) is 0.642. The molecule has 128 valence electrons. The maximum absolute atomic E-state index is 13.5. The zero-order valence-corrected chi connectivity index (χ0v) is 14.7. The van der Waals surface area contributed by atoms with E-state index in [-0.39, 0.29) is 11.9 Å². The van der Waals surface area contributed by atoms with E-state index in [1.165, 1.54) is 0 Å². The molecule has 1 fully saturated rings. The summed E-state index contributed by atoms with van der Waals surface area (Å²) in [5.74, 6) is -0.0737. The molecule has 3 aromatic carbocycles. The lowest BCUT2D eigenvalue weighted by Crippen LogP contribution is -2.40. The van der Waals surface area contributed by atoms with Crippen LogP contribution in [0.5, 0.6) is 0 Å². The van der Waals surface area contributed by atoms with E-state index < -0.39 is 21.7 Å². The minimum Gasteiger partial charge on any atom is -0.350 e. The van der Waals surface area contributed by atoms with Crippen LogP contribution in [0.2, 0.25) is 0 Å². The molecule has 1 spiro atoms. The van der Waals surface area contributed by atoms with Crippen LogP contribution < -0.4 is 0 Å². The van der Waals surface area contributed by atoms with Gasteiger partial charge in [0.2, 0.25) is 5.78 Å². The van der Waals surface area contributed by atoms with Gasteiger partial charge in [0.25, 0.3) is 0 Å². The summed E-state index contributed by atoms with van der Waals surface area (Å²) in [5.41, 5.74) is 1.23. The predicted octanol–water partition coefficient (Wildman–Crippen LogP) is 4.24. The fraction of sp³-hybridized carbons (Fsp3) is 0.136. The van der Waals surface area contributed by atoms with E-state index in [9.17, 15) is 9.00 Å². The number of hydrogen-bond acceptors (Lipinski definition) is 3. The Kier molecular flexibility index (Phi) is 3.45. The average molecular weight is 360 g/mol. The van der Waals surface area contributed by atoms with Gasteiger partial charge in [-0.1, -0.05) is 78.9 Å². The molecule has 4 atom stereocenters. The predicted molar refractivity (Wildman–Crippen MR) is 99.4 cm³/mol. The molecule has 0 aromatic heterocycles. The molecule has 2 aliphatic rings. The van der Waals surface area contributed by atoms with Crippen molar-refractivity contribution in [3.8, 4) is 0 Å². The fourth-order valence-corrected chi connectivity index (χ4v) is 5.77. The zero-order valence-electron chi connectivity index (χ0n) is 13.9. The number of Topliss-reactive ketones (excluding diaryl/α,β-unsaturated/α-hetero) is 1. The Labute approximate surface area is 154 Å². The van der Waals surface area contributed by atoms with Crippen molar-refractivity contribution in [2.45, 2.75) is 21.9 Å². The first-order chi connectivity index (χ1) is 12.7. The third kappa shape index (κ3) is 2.09. The van der Waals surface area contributed by atoms with Crippen LogP contribution in [0.3, 0.4) is 0 Å². The topological polar surface area (TPSA) is 46.7 Å². The molecule has 4 unspecified atom stereocenters. The second-order valence-electron chi connectivity index (χ2n) is 6.62. The van der Waals surface area contributed by atoms with Gasteiger partial charge < -0.3 is 4.74 Å². The van der Waals surface area contributed by atoms with Gasteiger partial charge in [-0.3, -0.25) is 9.00 Å². The Morgan fingerprint density at radius 3 is 2.04 bits per heavy atom. The minimum atomic E-state index is -1.37. The molecule has 0 bridgehead atoms. The van der Waals surface area contributed by atoms with Gasteiger partial charge in [-0.2, -0.15) is 0 Å². The van der Waals surface area contributed by atoms with Crippen molar-refractivity contribution in [2.24, 2.45) is 0 Å². The molecule has 3 nitrogen and oxygen atoms in total. The number of fused-ring (bicyclic) bond motifs is 1. The Morgan fingerprint density at radius 2 is 1.35 bits per heavy atom. The van der Waals surface area contributed by atoms with E-state index in [1.54, 1.807) is 12.1 Å². The Hall–Kier alpha value is -2.56. The van der Waals surface area contributed by atoms with E-state index in [0.29, 0.717) is 10.5 Å². The number of carbonyl (C=O) groups excluding carboxylic acids is 1. The van der Waals surface area contributed by atoms with Crippen LogP contribution in [0.15, 0.2) is 89.8 Å². The molecule has 5 rings (SSSR count). The summed E-state index contributed by atoms with van der Waals surface area (Å²) in [6.45, 7) is 0. The molecule has 4 heteroatoms. The number of benzene rings is 3. The Morgan fingerprint density at radius 1 is 0.769 bits per heavy atom. The summed E-state index contributed by atoms with van der Waals surface area (Å²) in [6, 6.07) is 26.5. The van der Waals surface area contributed by atoms with Crippen molar-refractivity contribution in [1.82, 2.24) is 0 Å². The molecule has 0 aliphatic carbocycles. The van der Waals surface area contributed by atoms with Gasteiger partial charge in [0.1, 0.15) is 11.4 Å². The first-order valence-corrected chi connectivity index (χ1v) is 9.77. The third-order valence-corrected chi connectivity index (χ3v) is 7.00. The zero-order chi connectivity index (χ0) is 17.7. The Bertz CT molecular complexity index is 1020. The monoisotopic (exact) mass is 360 g/mol. The number of ether oxygens (including phenoxy) is 1. The summed E-state index contributed by atoms with van der Waals surface area (Å²) in [5, 5.41) is -0.517. The summed E-state index contributed by atoms with van der Waals surface area (Å²) in [4.78, 5) is 14.1. The van der Waals surface area contributed by atoms with Crippen molar-refractivity contribution in [3.63, 3.8) is 0 Å². The smallest absolute Gasteiger partial charge is 0.200 e. The highest BCUT2D eigenvalue weighted by Crippen LogP contribution is 2.62. The van der Waals surface area contributed by atoms with Crippen LogP contribution in [-0.2, 0) is 15.5 Å². The van der Waals surface area contributed by atoms with E-state index >= 15 is 0 Å². The molecule has 3 aromatic rings. The second-order valence-corrected chi connectivity index (χ2v) is 8.12. The minimum absolute atomic E-state index is 0.0737. The first-order valence-electron chi connectivity index (χ1n) is 8.55. The van der Waals surface area contributed by atoms with Crippen molar-refractivity contribution in [3.05, 3.63) is 102 Å². The van der Waals surface area contributed by atoms with Crippen molar-refractivity contribution >= 4 is 16.6 Å². The standard InChI is InChI=1S/C22H16O3S/c23-19-17-13-7-8-14-18(17)26(24)21(16-11-5-2-6-12-16)22(19)20(25-22)15-9-3-1-4-10-15/h1-14,20-21H. The highest BCUT2D eigenvalue weighted by Gasteiger charge is 2.71. The summed E-state index contributed by atoms with van der Waals surface area (Å²) < 4.78 is 19.6. The number of hydrogen-bond donors (Lipinski definition) is 0. The normalized spacial score (nSPS) is 29.4. The van der Waals surface area contributed by atoms with E-state index in [2.05, 4.69) is 0 Å². The molecule has 26 heavy (non-hydrogen) atoms. The van der Waals surface area contributed by atoms with Gasteiger partial charge in [-0.25, -0.2) is 0 Å². The number of carbonyl (C=O) groups is 1. The first kappa shape index (κ1) is 15.7. The number of rotatable bonds is 2. The van der Waals surface area contributed by atoms with Gasteiger partial charge in [0, 0.05) is 5.56 Å². The average Bonchev–Trinajstić information content (AvgIpc) is 3.44. The summed E-state index contributed by atoms with van der Waals surface area (Å²) in [6.07, 6.45) is -0.376. The molecule has 0 amide bonds. The van der Waals surface area contributed by atoms with Crippen LogP contribution in [0.25, 0.3) is 0 Å². The molecular formula is C22H16O3S. The van der Waals surface area contributed by atoms with Crippen LogP contribution in [0, 0.1) is 0 Å². The second kappa shape index (κ2) is 5.73. The third-order valence-electron chi connectivity index (χ3n) is 5.16. The molecule has 0 N–H and O–H groups in total. The molecule has 1 saturated heterocycles. The molecule has 0 radical (unpaired) electrons. The van der Waals surface area contributed by atoms with Crippen LogP contribution in [-0.4, -0.2) is 15.6 Å². The lowest BCUT2D eigenvalue weighted by molar-refractivity contribution is 0.0859. The van der Waals surface area contributed by atoms with Crippen molar-refractivity contribution in [2.75, 3.05) is 0 Å². The SMILES string of the molecule is O=C1c2ccccc2S(=O)C(c2ccccc2)C12OC2c1ccccc1. The van der Waals surface area contributed by atoms with Crippen LogP contribution in [0.4, 0.5) is 0 Å². The van der Waals surface area contributed by atoms with Gasteiger partial charge in [0.05, 0.1) is 15.7 Å². The van der Waals surface area contributed by atoms with Crippen molar-refractivity contribution < 1.29 is 13.7 Å². The summed E-state index contributed by atoms with van der Waals surface area (Å²) in [7, 11) is -1.37. The molecule has 2 heterocycles. The van der Waals surface area contributed by atoms with E-state index in [4.69, 9.17) is 4.74 Å². The molecular weight excluding hydrogens is 344 g/mol.